The van der Waals surface area contributed by atoms with Crippen molar-refractivity contribution < 1.29 is 0 Å². The molecular formula is C12H19N2O-. The average Bonchev–Trinajstić information content (AvgIpc) is 2.06. The van der Waals surface area contributed by atoms with Crippen LogP contribution < -0.4 is 10.8 Å². The highest BCUT2D eigenvalue weighted by molar-refractivity contribution is 5.68. The first-order valence-electron chi connectivity index (χ1n) is 5.05. The number of hydrogen-bond acceptors (Lipinski definition) is 3. The molecule has 0 heterocycles. The van der Waals surface area contributed by atoms with E-state index in [1.807, 2.05) is 19.1 Å². The Morgan fingerprint density at radius 1 is 1.27 bits per heavy atom. The van der Waals surface area contributed by atoms with Gasteiger partial charge in [-0.3, -0.25) is 0 Å². The van der Waals surface area contributed by atoms with Gasteiger partial charge in [0, 0.05) is 11.4 Å². The fraction of sp³-hybridized carbons (Fsp3) is 0.500. The van der Waals surface area contributed by atoms with Crippen molar-refractivity contribution in [3.8, 4) is 0 Å². The minimum Gasteiger partial charge on any atom is -0.758 e. The molecule has 0 aliphatic rings. The van der Waals surface area contributed by atoms with Gasteiger partial charge in [-0.25, -0.2) is 0 Å². The molecule has 0 saturated carbocycles. The summed E-state index contributed by atoms with van der Waals surface area (Å²) in [5.41, 5.74) is 9.36. The second kappa shape index (κ2) is 3.74. The van der Waals surface area contributed by atoms with E-state index in [0.29, 0.717) is 5.69 Å². The second-order valence-electron chi connectivity index (χ2n) is 4.92. The largest absolute Gasteiger partial charge is 0.758 e. The van der Waals surface area contributed by atoms with E-state index in [1.165, 1.54) is 7.05 Å². The van der Waals surface area contributed by atoms with E-state index in [1.54, 1.807) is 0 Å². The average molecular weight is 207 g/mol. The highest BCUT2D eigenvalue weighted by Crippen LogP contribution is 2.34. The SMILES string of the molecule is Cc1c(N(C)[O-])ccc(C(C)(C)C)c1N. The zero-order valence-corrected chi connectivity index (χ0v) is 10.1. The summed E-state index contributed by atoms with van der Waals surface area (Å²) in [5, 5.41) is 12.1. The Bertz CT molecular complexity index is 365. The Hall–Kier alpha value is -1.22. The minimum atomic E-state index is 0.00876. The number of rotatable bonds is 1. The van der Waals surface area contributed by atoms with Crippen LogP contribution in [-0.4, -0.2) is 7.05 Å². The van der Waals surface area contributed by atoms with Crippen LogP contribution in [0.1, 0.15) is 31.9 Å². The molecule has 1 aromatic rings. The Morgan fingerprint density at radius 2 is 1.80 bits per heavy atom. The molecule has 0 radical (unpaired) electrons. The lowest BCUT2D eigenvalue weighted by molar-refractivity contribution is 0.592. The molecule has 0 saturated heterocycles. The molecule has 0 amide bonds. The molecule has 15 heavy (non-hydrogen) atoms. The zero-order valence-electron chi connectivity index (χ0n) is 10.1. The first-order chi connectivity index (χ1) is 6.75. The van der Waals surface area contributed by atoms with E-state index in [-0.39, 0.29) is 5.41 Å². The molecule has 2 N–H and O–H groups in total. The molecule has 0 spiro atoms. The van der Waals surface area contributed by atoms with Gasteiger partial charge in [-0.1, -0.05) is 26.8 Å². The maximum atomic E-state index is 11.2. The summed E-state index contributed by atoms with van der Waals surface area (Å²) < 4.78 is 0. The quantitative estimate of drug-likeness (QED) is 0.569. The summed E-state index contributed by atoms with van der Waals surface area (Å²) in [6.07, 6.45) is 0. The number of nitrogen functional groups attached to an aromatic ring is 1. The highest BCUT2D eigenvalue weighted by atomic mass is 16.5. The molecule has 3 nitrogen and oxygen atoms in total. The van der Waals surface area contributed by atoms with E-state index >= 15 is 0 Å². The van der Waals surface area contributed by atoms with E-state index in [0.717, 1.165) is 21.9 Å². The van der Waals surface area contributed by atoms with Crippen LogP contribution in [0.2, 0.25) is 0 Å². The third-order valence-electron chi connectivity index (χ3n) is 2.63. The van der Waals surface area contributed by atoms with Gasteiger partial charge in [-0.2, -0.15) is 0 Å². The van der Waals surface area contributed by atoms with Gasteiger partial charge in [0.15, 0.2) is 0 Å². The van der Waals surface area contributed by atoms with Crippen molar-refractivity contribution in [1.29, 1.82) is 0 Å². The van der Waals surface area contributed by atoms with Crippen LogP contribution in [0.5, 0.6) is 0 Å². The monoisotopic (exact) mass is 207 g/mol. The van der Waals surface area contributed by atoms with Gasteiger partial charge >= 0.3 is 0 Å². The van der Waals surface area contributed by atoms with Crippen molar-refractivity contribution in [1.82, 2.24) is 0 Å². The van der Waals surface area contributed by atoms with Crippen LogP contribution in [0.3, 0.4) is 0 Å². The summed E-state index contributed by atoms with van der Waals surface area (Å²) in [7, 11) is 1.48. The van der Waals surface area contributed by atoms with Gasteiger partial charge in [-0.15, -0.1) is 0 Å². The fourth-order valence-corrected chi connectivity index (χ4v) is 1.71. The Morgan fingerprint density at radius 3 is 2.20 bits per heavy atom. The van der Waals surface area contributed by atoms with Crippen LogP contribution >= 0.6 is 0 Å². The third-order valence-corrected chi connectivity index (χ3v) is 2.63. The van der Waals surface area contributed by atoms with Crippen molar-refractivity contribution in [2.45, 2.75) is 33.1 Å². The Labute approximate surface area is 91.5 Å². The second-order valence-corrected chi connectivity index (χ2v) is 4.92. The molecule has 3 heteroatoms. The third kappa shape index (κ3) is 2.23. The number of benzene rings is 1. The molecule has 84 valence electrons. The van der Waals surface area contributed by atoms with Crippen LogP contribution in [0.4, 0.5) is 11.4 Å². The van der Waals surface area contributed by atoms with E-state index < -0.39 is 0 Å². The first kappa shape index (κ1) is 11.9. The van der Waals surface area contributed by atoms with Gasteiger partial charge in [0.05, 0.1) is 0 Å². The fourth-order valence-electron chi connectivity index (χ4n) is 1.71. The van der Waals surface area contributed by atoms with E-state index in [4.69, 9.17) is 5.73 Å². The normalized spacial score (nSPS) is 11.6. The molecular weight excluding hydrogens is 188 g/mol. The maximum Gasteiger partial charge on any atom is 0.0402 e. The van der Waals surface area contributed by atoms with Crippen molar-refractivity contribution in [3.63, 3.8) is 0 Å². The maximum absolute atomic E-state index is 11.2. The standard InChI is InChI=1S/C12H19N2O/c1-8-10(14(5)15)7-6-9(11(8)13)12(2,3)4/h6-7H,13H2,1-5H3/q-1. The van der Waals surface area contributed by atoms with Crippen LogP contribution in [0.25, 0.3) is 0 Å². The Balaban J connectivity index is 3.34. The highest BCUT2D eigenvalue weighted by Gasteiger charge is 2.18. The van der Waals surface area contributed by atoms with Crippen molar-refractivity contribution in [2.75, 3.05) is 17.8 Å². The molecule has 0 bridgehead atoms. The molecule has 1 aromatic carbocycles. The predicted octanol–water partition coefficient (Wildman–Crippen LogP) is 2.81. The van der Waals surface area contributed by atoms with Gasteiger partial charge in [0.1, 0.15) is 0 Å². The van der Waals surface area contributed by atoms with Crippen LogP contribution in [0, 0.1) is 12.1 Å². The predicted molar refractivity (Wildman–Crippen MR) is 66.1 cm³/mol. The molecule has 1 rings (SSSR count). The molecule has 0 atom stereocenters. The number of nitrogens with two attached hydrogens (primary N) is 1. The number of hydrogen-bond donors (Lipinski definition) is 1. The lowest BCUT2D eigenvalue weighted by atomic mass is 9.84. The van der Waals surface area contributed by atoms with Crippen LogP contribution in [-0.2, 0) is 5.41 Å². The topological polar surface area (TPSA) is 52.3 Å². The molecule has 0 unspecified atom stereocenters. The van der Waals surface area contributed by atoms with Gasteiger partial charge in [-0.05, 0) is 36.6 Å². The lowest BCUT2D eigenvalue weighted by Crippen LogP contribution is -2.17. The minimum absolute atomic E-state index is 0.00876. The van der Waals surface area contributed by atoms with Crippen molar-refractivity contribution in [2.24, 2.45) is 0 Å². The summed E-state index contributed by atoms with van der Waals surface area (Å²) in [4.78, 5) is 0. The summed E-state index contributed by atoms with van der Waals surface area (Å²) >= 11 is 0. The smallest absolute Gasteiger partial charge is 0.0402 e. The lowest BCUT2D eigenvalue weighted by Gasteiger charge is -2.30. The first-order valence-corrected chi connectivity index (χ1v) is 5.05. The van der Waals surface area contributed by atoms with Crippen molar-refractivity contribution in [3.05, 3.63) is 28.5 Å². The van der Waals surface area contributed by atoms with Crippen molar-refractivity contribution >= 4 is 11.4 Å². The molecule has 0 aliphatic heterocycles. The molecule has 0 aromatic heterocycles. The van der Waals surface area contributed by atoms with Gasteiger partial charge in [0.25, 0.3) is 0 Å². The van der Waals surface area contributed by atoms with E-state index in [2.05, 4.69) is 20.8 Å². The summed E-state index contributed by atoms with van der Waals surface area (Å²) in [5.74, 6) is 0. The van der Waals surface area contributed by atoms with E-state index in [9.17, 15) is 5.21 Å². The number of hydroxylamine groups is 1. The van der Waals surface area contributed by atoms with Crippen LogP contribution in [0.15, 0.2) is 12.1 Å². The van der Waals surface area contributed by atoms with Gasteiger partial charge in [0.2, 0.25) is 0 Å². The summed E-state index contributed by atoms with van der Waals surface area (Å²) in [6, 6.07) is 3.77. The summed E-state index contributed by atoms with van der Waals surface area (Å²) in [6.45, 7) is 8.21. The van der Waals surface area contributed by atoms with Gasteiger partial charge < -0.3 is 16.0 Å². The number of nitrogens with zero attached hydrogens (tertiary/aromatic N) is 1. The Kier molecular flexibility index (Phi) is 2.95. The molecule has 0 fully saturated rings. The zero-order chi connectivity index (χ0) is 11.8. The molecule has 0 aliphatic carbocycles. The number of anilines is 2.